The molecule has 31 heavy (non-hydrogen) atoms. The van der Waals surface area contributed by atoms with Crippen LogP contribution in [0.1, 0.15) is 29.3 Å². The summed E-state index contributed by atoms with van der Waals surface area (Å²) in [5, 5.41) is 15.4. The number of thioether (sulfide) groups is 1. The van der Waals surface area contributed by atoms with E-state index in [9.17, 15) is 4.79 Å². The van der Waals surface area contributed by atoms with Crippen molar-refractivity contribution in [1.29, 1.82) is 0 Å². The molecule has 0 unspecified atom stereocenters. The van der Waals surface area contributed by atoms with Crippen LogP contribution in [-0.4, -0.2) is 31.1 Å². The maximum atomic E-state index is 12.4. The Kier molecular flexibility index (Phi) is 6.15. The first kappa shape index (κ1) is 21.2. The smallest absolute Gasteiger partial charge is 0.230 e. The molecule has 0 N–H and O–H groups in total. The van der Waals surface area contributed by atoms with Gasteiger partial charge < -0.3 is 0 Å². The van der Waals surface area contributed by atoms with Crippen LogP contribution in [0.25, 0.3) is 5.69 Å². The molecule has 0 radical (unpaired) electrons. The fourth-order valence-corrected chi connectivity index (χ4v) is 5.03. The van der Waals surface area contributed by atoms with Crippen molar-refractivity contribution in [3.63, 3.8) is 0 Å². The lowest BCUT2D eigenvalue weighted by atomic mass is 10.1. The third-order valence-electron chi connectivity index (χ3n) is 4.68. The lowest BCUT2D eigenvalue weighted by molar-refractivity contribution is -0.115. The van der Waals surface area contributed by atoms with Crippen LogP contribution in [0.2, 0.25) is 0 Å². The summed E-state index contributed by atoms with van der Waals surface area (Å²) >= 11 is 2.97. The summed E-state index contributed by atoms with van der Waals surface area (Å²) in [6, 6.07) is 14.1. The molecule has 0 aliphatic carbocycles. The number of tetrazole rings is 1. The van der Waals surface area contributed by atoms with Gasteiger partial charge in [0.1, 0.15) is 0 Å². The normalized spacial score (nSPS) is 11.0. The van der Waals surface area contributed by atoms with Crippen LogP contribution in [0, 0.1) is 20.8 Å². The lowest BCUT2D eigenvalue weighted by Crippen LogP contribution is -2.23. The van der Waals surface area contributed by atoms with Gasteiger partial charge in [-0.1, -0.05) is 41.6 Å². The van der Waals surface area contributed by atoms with Crippen LogP contribution in [0.3, 0.4) is 0 Å². The molecule has 0 saturated heterocycles. The van der Waals surface area contributed by atoms with Gasteiger partial charge in [0.15, 0.2) is 5.13 Å². The number of carbonyl (C=O) groups is 1. The Hall–Kier alpha value is -3.04. The van der Waals surface area contributed by atoms with Crippen LogP contribution >= 0.6 is 23.1 Å². The number of carbonyl (C=O) groups excluding carboxylic acids is 1. The van der Waals surface area contributed by atoms with Crippen LogP contribution in [0.15, 0.2) is 53.0 Å². The molecular weight excluding hydrogens is 428 g/mol. The van der Waals surface area contributed by atoms with Gasteiger partial charge in [0.25, 0.3) is 0 Å². The number of anilines is 2. The van der Waals surface area contributed by atoms with E-state index in [1.54, 1.807) is 16.5 Å². The summed E-state index contributed by atoms with van der Waals surface area (Å²) in [4.78, 5) is 18.8. The summed E-state index contributed by atoms with van der Waals surface area (Å²) in [5.74, 6) is 0.533. The van der Waals surface area contributed by atoms with Crippen molar-refractivity contribution in [2.45, 2.75) is 38.6 Å². The van der Waals surface area contributed by atoms with Gasteiger partial charge in [-0.25, -0.2) is 4.98 Å². The number of rotatable bonds is 6. The lowest BCUT2D eigenvalue weighted by Gasteiger charge is -2.20. The number of benzene rings is 2. The van der Waals surface area contributed by atoms with E-state index in [0.717, 1.165) is 33.8 Å². The van der Waals surface area contributed by atoms with Crippen LogP contribution < -0.4 is 4.90 Å². The molecule has 0 aliphatic heterocycles. The molecule has 4 rings (SSSR count). The maximum Gasteiger partial charge on any atom is 0.230 e. The van der Waals surface area contributed by atoms with Gasteiger partial charge in [-0.2, -0.15) is 4.68 Å². The minimum absolute atomic E-state index is 0.0658. The minimum Gasteiger partial charge on any atom is -0.274 e. The van der Waals surface area contributed by atoms with E-state index < -0.39 is 0 Å². The van der Waals surface area contributed by atoms with Crippen molar-refractivity contribution >= 4 is 39.8 Å². The Labute approximate surface area is 189 Å². The number of hydrogen-bond donors (Lipinski definition) is 0. The highest BCUT2D eigenvalue weighted by Crippen LogP contribution is 2.33. The summed E-state index contributed by atoms with van der Waals surface area (Å²) in [7, 11) is 0. The van der Waals surface area contributed by atoms with Crippen molar-refractivity contribution in [3.8, 4) is 5.69 Å². The van der Waals surface area contributed by atoms with E-state index in [0.29, 0.717) is 16.0 Å². The second kappa shape index (κ2) is 8.99. The first-order valence-corrected chi connectivity index (χ1v) is 11.6. The van der Waals surface area contributed by atoms with Crippen LogP contribution in [-0.2, 0) is 10.5 Å². The summed E-state index contributed by atoms with van der Waals surface area (Å²) in [5.41, 5.74) is 5.99. The quantitative estimate of drug-likeness (QED) is 0.384. The van der Waals surface area contributed by atoms with E-state index >= 15 is 0 Å². The van der Waals surface area contributed by atoms with Crippen molar-refractivity contribution in [2.75, 3.05) is 4.90 Å². The molecule has 2 aromatic carbocycles. The predicted octanol–water partition coefficient (Wildman–Crippen LogP) is 5.02. The van der Waals surface area contributed by atoms with E-state index in [4.69, 9.17) is 4.98 Å². The standard InChI is InChI=1S/C22H22N6OS2/c1-14-6-5-7-19(11-14)28-22(24-25-26-28)31-13-18-12-30-21(23-18)27(17(4)29)20-9-8-15(2)10-16(20)3/h5-12H,13H2,1-4H3. The molecule has 0 saturated carbocycles. The molecule has 0 aliphatic rings. The molecule has 4 aromatic rings. The Balaban J connectivity index is 1.53. The van der Waals surface area contributed by atoms with E-state index in [2.05, 4.69) is 21.6 Å². The van der Waals surface area contributed by atoms with E-state index in [-0.39, 0.29) is 5.91 Å². The second-order valence-corrected chi connectivity index (χ2v) is 9.05. The molecule has 1 amide bonds. The van der Waals surface area contributed by atoms with Gasteiger partial charge in [0, 0.05) is 18.1 Å². The molecular formula is C22H22N6OS2. The fourth-order valence-electron chi connectivity index (χ4n) is 3.26. The molecule has 0 bridgehead atoms. The molecule has 2 aromatic heterocycles. The highest BCUT2D eigenvalue weighted by atomic mass is 32.2. The van der Waals surface area contributed by atoms with E-state index in [1.807, 2.05) is 62.5 Å². The highest BCUT2D eigenvalue weighted by molar-refractivity contribution is 7.98. The fraction of sp³-hybridized carbons (Fsp3) is 0.227. The van der Waals surface area contributed by atoms with Crippen LogP contribution in [0.5, 0.6) is 0 Å². The zero-order valence-corrected chi connectivity index (χ0v) is 19.4. The van der Waals surface area contributed by atoms with Gasteiger partial charge in [0.2, 0.25) is 11.1 Å². The number of amides is 1. The topological polar surface area (TPSA) is 76.8 Å². The zero-order valence-electron chi connectivity index (χ0n) is 17.7. The predicted molar refractivity (Wildman–Crippen MR) is 124 cm³/mol. The third-order valence-corrected chi connectivity index (χ3v) is 6.50. The van der Waals surface area contributed by atoms with Crippen molar-refractivity contribution < 1.29 is 4.79 Å². The summed E-state index contributed by atoms with van der Waals surface area (Å²) < 4.78 is 1.72. The number of hydrogen-bond acceptors (Lipinski definition) is 7. The average Bonchev–Trinajstić information content (AvgIpc) is 3.37. The molecule has 2 heterocycles. The molecule has 7 nitrogen and oxygen atoms in total. The van der Waals surface area contributed by atoms with Gasteiger partial charge >= 0.3 is 0 Å². The number of thiazole rings is 1. The second-order valence-electron chi connectivity index (χ2n) is 7.27. The van der Waals surface area contributed by atoms with Crippen molar-refractivity contribution in [1.82, 2.24) is 25.2 Å². The Morgan fingerprint density at radius 1 is 1.13 bits per heavy atom. The Morgan fingerprint density at radius 3 is 2.68 bits per heavy atom. The molecule has 9 heteroatoms. The first-order chi connectivity index (χ1) is 14.9. The summed E-state index contributed by atoms with van der Waals surface area (Å²) in [6.45, 7) is 7.64. The number of nitrogens with zero attached hydrogens (tertiary/aromatic N) is 6. The monoisotopic (exact) mass is 450 g/mol. The first-order valence-electron chi connectivity index (χ1n) is 9.73. The van der Waals surface area contributed by atoms with Gasteiger partial charge in [-0.15, -0.1) is 16.4 Å². The van der Waals surface area contributed by atoms with Gasteiger partial charge in [-0.3, -0.25) is 9.69 Å². The number of aromatic nitrogens is 5. The molecule has 0 atom stereocenters. The Morgan fingerprint density at radius 2 is 1.94 bits per heavy atom. The molecule has 158 valence electrons. The molecule has 0 fully saturated rings. The SMILES string of the molecule is CC(=O)N(c1nc(CSc2nnnn2-c2cccc(C)c2)cs1)c1ccc(C)cc1C. The third kappa shape index (κ3) is 4.67. The number of aryl methyl sites for hydroxylation is 3. The largest absolute Gasteiger partial charge is 0.274 e. The van der Waals surface area contributed by atoms with Gasteiger partial charge in [-0.05, 0) is 60.5 Å². The summed E-state index contributed by atoms with van der Waals surface area (Å²) in [6.07, 6.45) is 0. The minimum atomic E-state index is -0.0658. The Bertz CT molecular complexity index is 1230. The zero-order chi connectivity index (χ0) is 22.0. The average molecular weight is 451 g/mol. The highest BCUT2D eigenvalue weighted by Gasteiger charge is 2.20. The molecule has 0 spiro atoms. The van der Waals surface area contributed by atoms with Crippen molar-refractivity contribution in [2.24, 2.45) is 0 Å². The maximum absolute atomic E-state index is 12.4. The van der Waals surface area contributed by atoms with E-state index in [1.165, 1.54) is 23.1 Å². The van der Waals surface area contributed by atoms with Crippen molar-refractivity contribution in [3.05, 3.63) is 70.2 Å². The van der Waals surface area contributed by atoms with Crippen LogP contribution in [0.4, 0.5) is 10.8 Å². The van der Waals surface area contributed by atoms with Gasteiger partial charge in [0.05, 0.1) is 17.1 Å².